The van der Waals surface area contributed by atoms with E-state index in [0.29, 0.717) is 5.69 Å². The highest BCUT2D eigenvalue weighted by Crippen LogP contribution is 2.19. The third-order valence-corrected chi connectivity index (χ3v) is 4.49. The molecule has 3 aromatic rings. The predicted octanol–water partition coefficient (Wildman–Crippen LogP) is 2.79. The topological polar surface area (TPSA) is 52.0 Å². The fraction of sp³-hybridized carbons (Fsp3) is 0. The number of aromatic nitrogens is 2. The Kier molecular flexibility index (Phi) is 3.12. The van der Waals surface area contributed by atoms with Gasteiger partial charge in [0.05, 0.1) is 10.6 Å². The molecule has 0 bridgehead atoms. The average Bonchev–Trinajstić information content (AvgIpc) is 3.00. The Morgan fingerprint density at radius 2 is 1.40 bits per heavy atom. The van der Waals surface area contributed by atoms with E-state index in [-0.39, 0.29) is 4.90 Å². The number of hydrogen-bond acceptors (Lipinski definition) is 3. The van der Waals surface area contributed by atoms with E-state index in [4.69, 9.17) is 0 Å². The summed E-state index contributed by atoms with van der Waals surface area (Å²) >= 11 is 0. The SMILES string of the molecule is O=S(=O)(c1ccccc1)n1ccc(-c2ccccc2)n1. The molecule has 0 radical (unpaired) electrons. The highest BCUT2D eigenvalue weighted by atomic mass is 32.2. The molecule has 2 aromatic carbocycles. The van der Waals surface area contributed by atoms with Crippen LogP contribution in [0.3, 0.4) is 0 Å². The Morgan fingerprint density at radius 1 is 0.800 bits per heavy atom. The van der Waals surface area contributed by atoms with Gasteiger partial charge in [0.15, 0.2) is 0 Å². The summed E-state index contributed by atoms with van der Waals surface area (Å²) in [4.78, 5) is 0.225. The number of benzene rings is 2. The molecule has 0 aliphatic rings. The minimum atomic E-state index is -3.62. The van der Waals surface area contributed by atoms with Crippen LogP contribution >= 0.6 is 0 Å². The van der Waals surface area contributed by atoms with Crippen molar-refractivity contribution in [2.24, 2.45) is 0 Å². The van der Waals surface area contributed by atoms with Gasteiger partial charge in [0.25, 0.3) is 10.0 Å². The highest BCUT2D eigenvalue weighted by Gasteiger charge is 2.17. The fourth-order valence-corrected chi connectivity index (χ4v) is 3.04. The Bertz CT molecular complexity index is 809. The van der Waals surface area contributed by atoms with Crippen molar-refractivity contribution in [2.45, 2.75) is 4.90 Å². The summed E-state index contributed by atoms with van der Waals surface area (Å²) in [6.45, 7) is 0. The van der Waals surface area contributed by atoms with Gasteiger partial charge in [-0.1, -0.05) is 48.5 Å². The molecule has 20 heavy (non-hydrogen) atoms. The van der Waals surface area contributed by atoms with Gasteiger partial charge in [-0.2, -0.15) is 17.6 Å². The second-order valence-electron chi connectivity index (χ2n) is 4.26. The minimum absolute atomic E-state index is 0.225. The first-order chi connectivity index (χ1) is 9.68. The molecule has 0 amide bonds. The van der Waals surface area contributed by atoms with Crippen molar-refractivity contribution in [3.05, 3.63) is 72.9 Å². The van der Waals surface area contributed by atoms with Crippen LogP contribution in [0, 0.1) is 0 Å². The zero-order valence-corrected chi connectivity index (χ0v) is 11.4. The first kappa shape index (κ1) is 12.6. The summed E-state index contributed by atoms with van der Waals surface area (Å²) in [6, 6.07) is 19.4. The van der Waals surface area contributed by atoms with Gasteiger partial charge in [-0.05, 0) is 18.2 Å². The molecule has 0 spiro atoms. The zero-order chi connectivity index (χ0) is 14.0. The van der Waals surface area contributed by atoms with Crippen LogP contribution in [0.25, 0.3) is 11.3 Å². The standard InChI is InChI=1S/C15H12N2O2S/c18-20(19,14-9-5-2-6-10-14)17-12-11-15(16-17)13-7-3-1-4-8-13/h1-12H. The molecule has 0 aliphatic carbocycles. The average molecular weight is 284 g/mol. The van der Waals surface area contributed by atoms with Gasteiger partial charge in [0, 0.05) is 11.8 Å². The van der Waals surface area contributed by atoms with E-state index in [1.165, 1.54) is 6.20 Å². The van der Waals surface area contributed by atoms with Crippen LogP contribution in [-0.2, 0) is 10.0 Å². The van der Waals surface area contributed by atoms with E-state index in [2.05, 4.69) is 5.10 Å². The lowest BCUT2D eigenvalue weighted by Crippen LogP contribution is -2.13. The van der Waals surface area contributed by atoms with Gasteiger partial charge in [0.1, 0.15) is 0 Å². The Morgan fingerprint density at radius 3 is 2.05 bits per heavy atom. The molecule has 0 fully saturated rings. The van der Waals surface area contributed by atoms with Crippen molar-refractivity contribution < 1.29 is 8.42 Å². The zero-order valence-electron chi connectivity index (χ0n) is 10.5. The van der Waals surface area contributed by atoms with Gasteiger partial charge >= 0.3 is 0 Å². The van der Waals surface area contributed by atoms with Crippen LogP contribution in [0.4, 0.5) is 0 Å². The minimum Gasteiger partial charge on any atom is -0.199 e. The second-order valence-corrected chi connectivity index (χ2v) is 6.05. The molecule has 1 heterocycles. The molecule has 0 atom stereocenters. The maximum absolute atomic E-state index is 12.4. The van der Waals surface area contributed by atoms with Crippen molar-refractivity contribution in [1.82, 2.24) is 9.19 Å². The maximum Gasteiger partial charge on any atom is 0.282 e. The third-order valence-electron chi connectivity index (χ3n) is 2.92. The van der Waals surface area contributed by atoms with Gasteiger partial charge in [-0.15, -0.1) is 0 Å². The first-order valence-corrected chi connectivity index (χ1v) is 7.54. The largest absolute Gasteiger partial charge is 0.282 e. The summed E-state index contributed by atoms with van der Waals surface area (Å²) in [6.07, 6.45) is 1.46. The monoisotopic (exact) mass is 284 g/mol. The van der Waals surface area contributed by atoms with Crippen molar-refractivity contribution in [3.8, 4) is 11.3 Å². The van der Waals surface area contributed by atoms with Gasteiger partial charge < -0.3 is 0 Å². The fourth-order valence-electron chi connectivity index (χ4n) is 1.90. The van der Waals surface area contributed by atoms with E-state index in [9.17, 15) is 8.42 Å². The summed E-state index contributed by atoms with van der Waals surface area (Å²) in [5.41, 5.74) is 1.51. The summed E-state index contributed by atoms with van der Waals surface area (Å²) in [5, 5.41) is 4.16. The molecule has 4 nitrogen and oxygen atoms in total. The number of rotatable bonds is 3. The van der Waals surface area contributed by atoms with Crippen LogP contribution in [-0.4, -0.2) is 17.6 Å². The summed E-state index contributed by atoms with van der Waals surface area (Å²) in [5.74, 6) is 0. The lowest BCUT2D eigenvalue weighted by atomic mass is 10.2. The van der Waals surface area contributed by atoms with E-state index in [1.54, 1.807) is 36.4 Å². The van der Waals surface area contributed by atoms with Gasteiger partial charge in [0.2, 0.25) is 0 Å². The van der Waals surface area contributed by atoms with Crippen molar-refractivity contribution in [2.75, 3.05) is 0 Å². The Labute approximate surface area is 117 Å². The quantitative estimate of drug-likeness (QED) is 0.743. The van der Waals surface area contributed by atoms with Gasteiger partial charge in [-0.25, -0.2) is 0 Å². The molecule has 0 N–H and O–H groups in total. The Hall–Kier alpha value is -2.40. The second kappa shape index (κ2) is 4.94. The van der Waals surface area contributed by atoms with Crippen LogP contribution in [0.5, 0.6) is 0 Å². The molecular formula is C15H12N2O2S. The molecule has 0 saturated heterocycles. The smallest absolute Gasteiger partial charge is 0.199 e. The Balaban J connectivity index is 2.03. The van der Waals surface area contributed by atoms with Crippen molar-refractivity contribution in [3.63, 3.8) is 0 Å². The van der Waals surface area contributed by atoms with Gasteiger partial charge in [-0.3, -0.25) is 0 Å². The first-order valence-electron chi connectivity index (χ1n) is 6.10. The van der Waals surface area contributed by atoms with Crippen LogP contribution in [0.2, 0.25) is 0 Å². The maximum atomic E-state index is 12.4. The molecular weight excluding hydrogens is 272 g/mol. The van der Waals surface area contributed by atoms with Crippen LogP contribution in [0.15, 0.2) is 77.8 Å². The van der Waals surface area contributed by atoms with Crippen LogP contribution < -0.4 is 0 Å². The lowest BCUT2D eigenvalue weighted by Gasteiger charge is -2.03. The number of hydrogen-bond donors (Lipinski definition) is 0. The van der Waals surface area contributed by atoms with E-state index in [1.807, 2.05) is 30.3 Å². The summed E-state index contributed by atoms with van der Waals surface area (Å²) < 4.78 is 25.8. The highest BCUT2D eigenvalue weighted by molar-refractivity contribution is 7.89. The van der Waals surface area contributed by atoms with E-state index >= 15 is 0 Å². The van der Waals surface area contributed by atoms with E-state index < -0.39 is 10.0 Å². The van der Waals surface area contributed by atoms with Crippen molar-refractivity contribution in [1.29, 1.82) is 0 Å². The molecule has 0 aliphatic heterocycles. The molecule has 100 valence electrons. The number of nitrogens with zero attached hydrogens (tertiary/aromatic N) is 2. The third kappa shape index (κ3) is 2.23. The van der Waals surface area contributed by atoms with Crippen molar-refractivity contribution >= 4 is 10.0 Å². The van der Waals surface area contributed by atoms with E-state index in [0.717, 1.165) is 9.65 Å². The molecule has 0 unspecified atom stereocenters. The molecule has 1 aromatic heterocycles. The summed E-state index contributed by atoms with van der Waals surface area (Å²) in [7, 11) is -3.62. The molecule has 0 saturated carbocycles. The van der Waals surface area contributed by atoms with Crippen LogP contribution in [0.1, 0.15) is 0 Å². The predicted molar refractivity (Wildman–Crippen MR) is 76.7 cm³/mol. The molecule has 5 heteroatoms. The lowest BCUT2D eigenvalue weighted by molar-refractivity contribution is 0.580. The normalized spacial score (nSPS) is 11.4. The molecule has 3 rings (SSSR count).